The second-order valence-corrected chi connectivity index (χ2v) is 6.04. The Bertz CT molecular complexity index is 808. The Balaban J connectivity index is 1.66. The Hall–Kier alpha value is -2.11. The van der Waals surface area contributed by atoms with E-state index in [1.165, 1.54) is 4.70 Å². The van der Waals surface area contributed by atoms with Crippen LogP contribution in [0.2, 0.25) is 0 Å². The summed E-state index contributed by atoms with van der Waals surface area (Å²) in [5.41, 5.74) is 1.15. The number of aromatic nitrogens is 1. The van der Waals surface area contributed by atoms with E-state index in [1.807, 2.05) is 54.1 Å². The van der Waals surface area contributed by atoms with Gasteiger partial charge >= 0.3 is 0 Å². The van der Waals surface area contributed by atoms with Crippen molar-refractivity contribution in [3.63, 3.8) is 0 Å². The van der Waals surface area contributed by atoms with E-state index in [0.717, 1.165) is 16.1 Å². The molecule has 0 spiro atoms. The zero-order chi connectivity index (χ0) is 15.4. The van der Waals surface area contributed by atoms with Gasteiger partial charge in [0.15, 0.2) is 4.80 Å². The quantitative estimate of drug-likeness (QED) is 0.787. The third-order valence-electron chi connectivity index (χ3n) is 3.34. The zero-order valence-corrected chi connectivity index (χ0v) is 13.2. The van der Waals surface area contributed by atoms with Crippen molar-refractivity contribution in [1.82, 2.24) is 4.57 Å². The van der Waals surface area contributed by atoms with Gasteiger partial charge in [0.05, 0.1) is 16.8 Å². The van der Waals surface area contributed by atoms with Gasteiger partial charge in [-0.15, -0.1) is 0 Å². The van der Waals surface area contributed by atoms with Crippen LogP contribution in [0.15, 0.2) is 59.6 Å². The lowest BCUT2D eigenvalue weighted by atomic mass is 10.3. The van der Waals surface area contributed by atoms with Crippen LogP contribution < -0.4 is 9.54 Å². The first kappa shape index (κ1) is 14.8. The Morgan fingerprint density at radius 2 is 1.86 bits per heavy atom. The van der Waals surface area contributed by atoms with Gasteiger partial charge < -0.3 is 14.4 Å². The molecule has 114 valence electrons. The van der Waals surface area contributed by atoms with Gasteiger partial charge in [-0.3, -0.25) is 4.99 Å². The van der Waals surface area contributed by atoms with Gasteiger partial charge in [-0.1, -0.05) is 41.7 Å². The summed E-state index contributed by atoms with van der Waals surface area (Å²) in [6, 6.07) is 17.7. The van der Waals surface area contributed by atoms with Crippen LogP contribution in [-0.2, 0) is 7.05 Å². The summed E-state index contributed by atoms with van der Waals surface area (Å²) in [6.07, 6.45) is -0.620. The van der Waals surface area contributed by atoms with Crippen LogP contribution in [0.25, 0.3) is 10.2 Å². The van der Waals surface area contributed by atoms with Crippen LogP contribution in [0.3, 0.4) is 0 Å². The number of fused-ring (bicyclic) bond motifs is 1. The van der Waals surface area contributed by atoms with E-state index in [1.54, 1.807) is 11.3 Å². The Morgan fingerprint density at radius 3 is 2.64 bits per heavy atom. The van der Waals surface area contributed by atoms with Gasteiger partial charge in [-0.2, -0.15) is 0 Å². The molecule has 4 nitrogen and oxygen atoms in total. The Labute approximate surface area is 133 Å². The molecule has 0 radical (unpaired) electrons. The number of benzene rings is 2. The second kappa shape index (κ2) is 6.77. The summed E-state index contributed by atoms with van der Waals surface area (Å²) >= 11 is 1.62. The van der Waals surface area contributed by atoms with Crippen molar-refractivity contribution in [1.29, 1.82) is 0 Å². The summed E-state index contributed by atoms with van der Waals surface area (Å²) in [7, 11) is 1.99. The van der Waals surface area contributed by atoms with Gasteiger partial charge in [0.25, 0.3) is 0 Å². The number of aliphatic hydroxyl groups excluding tert-OH is 1. The number of aryl methyl sites for hydroxylation is 1. The average Bonchev–Trinajstić information content (AvgIpc) is 2.88. The molecule has 1 N–H and O–H groups in total. The largest absolute Gasteiger partial charge is 0.491 e. The molecule has 0 fully saturated rings. The molecule has 1 heterocycles. The predicted octanol–water partition coefficient (Wildman–Crippen LogP) is 2.58. The third-order valence-corrected chi connectivity index (χ3v) is 4.49. The van der Waals surface area contributed by atoms with Crippen LogP contribution >= 0.6 is 11.3 Å². The summed E-state index contributed by atoms with van der Waals surface area (Å²) in [4.78, 5) is 5.41. The van der Waals surface area contributed by atoms with E-state index in [4.69, 9.17) is 4.74 Å². The van der Waals surface area contributed by atoms with E-state index in [9.17, 15) is 5.11 Å². The topological polar surface area (TPSA) is 46.8 Å². The highest BCUT2D eigenvalue weighted by atomic mass is 32.1. The van der Waals surface area contributed by atoms with E-state index in [-0.39, 0.29) is 6.61 Å². The molecular weight excluding hydrogens is 296 g/mol. The molecular formula is C17H18N2O2S. The van der Waals surface area contributed by atoms with Gasteiger partial charge in [0, 0.05) is 7.05 Å². The number of hydrogen-bond donors (Lipinski definition) is 1. The molecule has 0 unspecified atom stereocenters. The molecule has 0 amide bonds. The van der Waals surface area contributed by atoms with E-state index >= 15 is 0 Å². The van der Waals surface area contributed by atoms with Crippen LogP contribution in [-0.4, -0.2) is 28.9 Å². The number of hydrogen-bond acceptors (Lipinski definition) is 4. The number of aliphatic hydroxyl groups is 1. The summed E-state index contributed by atoms with van der Waals surface area (Å²) in [5, 5.41) is 10.0. The van der Waals surface area contributed by atoms with Crippen molar-refractivity contribution in [2.45, 2.75) is 6.10 Å². The van der Waals surface area contributed by atoms with Crippen LogP contribution in [0.5, 0.6) is 5.75 Å². The molecule has 1 aromatic heterocycles. The Kier molecular flexibility index (Phi) is 4.56. The predicted molar refractivity (Wildman–Crippen MR) is 89.2 cm³/mol. The molecule has 0 aliphatic rings. The lowest BCUT2D eigenvalue weighted by molar-refractivity contribution is 0.114. The number of nitrogens with zero attached hydrogens (tertiary/aromatic N) is 2. The SMILES string of the molecule is Cn1c(=NC[C@@H](O)COc2ccccc2)sc2ccccc21. The highest BCUT2D eigenvalue weighted by molar-refractivity contribution is 7.16. The molecule has 1 atom stereocenters. The molecule has 22 heavy (non-hydrogen) atoms. The average molecular weight is 314 g/mol. The molecule has 0 saturated heterocycles. The third kappa shape index (κ3) is 3.37. The lowest BCUT2D eigenvalue weighted by Gasteiger charge is -2.09. The fourth-order valence-electron chi connectivity index (χ4n) is 2.17. The highest BCUT2D eigenvalue weighted by Crippen LogP contribution is 2.15. The monoisotopic (exact) mass is 314 g/mol. The van der Waals surface area contributed by atoms with Crippen LogP contribution in [0.4, 0.5) is 0 Å². The first-order valence-corrected chi connectivity index (χ1v) is 7.96. The first-order chi connectivity index (χ1) is 10.7. The summed E-state index contributed by atoms with van der Waals surface area (Å²) in [6.45, 7) is 0.565. The lowest BCUT2D eigenvalue weighted by Crippen LogP contribution is -2.23. The number of ether oxygens (including phenoxy) is 1. The van der Waals surface area contributed by atoms with Crippen molar-refractivity contribution in [3.05, 3.63) is 59.4 Å². The minimum Gasteiger partial charge on any atom is -0.491 e. The van der Waals surface area contributed by atoms with Gasteiger partial charge in [0.1, 0.15) is 18.5 Å². The number of para-hydroxylation sites is 2. The van der Waals surface area contributed by atoms with E-state index < -0.39 is 6.10 Å². The highest BCUT2D eigenvalue weighted by Gasteiger charge is 2.06. The van der Waals surface area contributed by atoms with Crippen LogP contribution in [0, 0.1) is 0 Å². The molecule has 3 rings (SSSR count). The van der Waals surface area contributed by atoms with Gasteiger partial charge in [-0.25, -0.2) is 0 Å². The minimum absolute atomic E-state index is 0.238. The summed E-state index contributed by atoms with van der Waals surface area (Å²) in [5.74, 6) is 0.758. The first-order valence-electron chi connectivity index (χ1n) is 7.15. The van der Waals surface area contributed by atoms with E-state index in [0.29, 0.717) is 6.54 Å². The van der Waals surface area contributed by atoms with E-state index in [2.05, 4.69) is 17.1 Å². The number of rotatable bonds is 5. The molecule has 0 aliphatic heterocycles. The van der Waals surface area contributed by atoms with Crippen molar-refractivity contribution >= 4 is 21.6 Å². The standard InChI is InChI=1S/C17H18N2O2S/c1-19-15-9-5-6-10-16(15)22-17(19)18-11-13(20)12-21-14-7-3-2-4-8-14/h2-10,13,20H,11-12H2,1H3/t13-/m1/s1. The van der Waals surface area contributed by atoms with Crippen LogP contribution in [0.1, 0.15) is 0 Å². The minimum atomic E-state index is -0.620. The second-order valence-electron chi connectivity index (χ2n) is 5.03. The maximum absolute atomic E-state index is 10.0. The molecule has 0 bridgehead atoms. The van der Waals surface area contributed by atoms with Gasteiger partial charge in [-0.05, 0) is 24.3 Å². The molecule has 0 saturated carbocycles. The van der Waals surface area contributed by atoms with Crippen molar-refractivity contribution in [3.8, 4) is 5.75 Å². The number of thiazole rings is 1. The maximum Gasteiger partial charge on any atom is 0.185 e. The van der Waals surface area contributed by atoms with Crippen molar-refractivity contribution in [2.75, 3.05) is 13.2 Å². The fourth-order valence-corrected chi connectivity index (χ4v) is 3.20. The smallest absolute Gasteiger partial charge is 0.185 e. The zero-order valence-electron chi connectivity index (χ0n) is 12.3. The molecule has 5 heteroatoms. The molecule has 2 aromatic carbocycles. The normalized spacial score (nSPS) is 13.5. The van der Waals surface area contributed by atoms with Crippen molar-refractivity contribution in [2.24, 2.45) is 12.0 Å². The van der Waals surface area contributed by atoms with Gasteiger partial charge in [0.2, 0.25) is 0 Å². The summed E-state index contributed by atoms with van der Waals surface area (Å²) < 4.78 is 8.77. The Morgan fingerprint density at radius 1 is 1.14 bits per heavy atom. The van der Waals surface area contributed by atoms with Crippen molar-refractivity contribution < 1.29 is 9.84 Å². The fraction of sp³-hybridized carbons (Fsp3) is 0.235. The molecule has 0 aliphatic carbocycles. The molecule has 3 aromatic rings. The maximum atomic E-state index is 10.0.